The molecule has 1 aromatic heterocycles. The zero-order chi connectivity index (χ0) is 23.0. The molecule has 2 aromatic carbocycles. The van der Waals surface area contributed by atoms with E-state index in [0.29, 0.717) is 40.5 Å². The van der Waals surface area contributed by atoms with Crippen LogP contribution in [-0.2, 0) is 13.0 Å². The van der Waals surface area contributed by atoms with E-state index in [1.54, 1.807) is 20.3 Å². The van der Waals surface area contributed by atoms with Crippen molar-refractivity contribution in [3.63, 3.8) is 0 Å². The number of aryl methyl sites for hydroxylation is 1. The van der Waals surface area contributed by atoms with Crippen molar-refractivity contribution in [3.8, 4) is 11.5 Å². The number of amidine groups is 1. The summed E-state index contributed by atoms with van der Waals surface area (Å²) in [4.78, 5) is 29.5. The molecule has 0 radical (unpaired) electrons. The fourth-order valence-electron chi connectivity index (χ4n) is 4.07. The lowest BCUT2D eigenvalue weighted by Gasteiger charge is -2.29. The molecule has 8 nitrogen and oxygen atoms in total. The molecule has 0 atom stereocenters. The highest BCUT2D eigenvalue weighted by Crippen LogP contribution is 2.35. The average molecular weight is 436 g/mol. The standard InChI is InChI=1S/C24H29N5O3/c1-14-21-19(12-20(31-5)22(14)32-6)26-24(27-23(21)30)29-10-9-16-7-8-18(11-17(16)13-29)25-15(2)28(3)4/h7-8,11-12H,9-10,13H2,1-6H3,(H,26,27,30). The summed E-state index contributed by atoms with van der Waals surface area (Å²) in [5.74, 6) is 2.60. The molecule has 1 aliphatic heterocycles. The number of methoxy groups -OCH3 is 2. The summed E-state index contributed by atoms with van der Waals surface area (Å²) in [6.07, 6.45) is 0.874. The summed E-state index contributed by atoms with van der Waals surface area (Å²) in [6.45, 7) is 5.25. The number of ether oxygens (including phenoxy) is 2. The molecule has 8 heteroatoms. The number of hydrogen-bond donors (Lipinski definition) is 1. The van der Waals surface area contributed by atoms with Crippen LogP contribution in [0.2, 0.25) is 0 Å². The first-order valence-electron chi connectivity index (χ1n) is 10.6. The Bertz CT molecular complexity index is 1260. The molecule has 0 spiro atoms. The van der Waals surface area contributed by atoms with Crippen LogP contribution >= 0.6 is 0 Å². The van der Waals surface area contributed by atoms with Gasteiger partial charge in [0.2, 0.25) is 5.95 Å². The first kappa shape index (κ1) is 21.7. The Kier molecular flexibility index (Phi) is 5.78. The summed E-state index contributed by atoms with van der Waals surface area (Å²) in [5, 5.41) is 0.514. The molecule has 1 N–H and O–H groups in total. The number of benzene rings is 2. The maximum Gasteiger partial charge on any atom is 0.260 e. The van der Waals surface area contributed by atoms with E-state index in [0.717, 1.165) is 24.5 Å². The van der Waals surface area contributed by atoms with Gasteiger partial charge in [-0.1, -0.05) is 6.07 Å². The van der Waals surface area contributed by atoms with Crippen LogP contribution in [-0.4, -0.2) is 55.6 Å². The Morgan fingerprint density at radius 2 is 1.97 bits per heavy atom. The van der Waals surface area contributed by atoms with Crippen LogP contribution in [0.5, 0.6) is 11.5 Å². The summed E-state index contributed by atoms with van der Waals surface area (Å²) >= 11 is 0. The molecular weight excluding hydrogens is 406 g/mol. The number of rotatable bonds is 4. The summed E-state index contributed by atoms with van der Waals surface area (Å²) < 4.78 is 10.9. The number of aromatic nitrogens is 2. The Balaban J connectivity index is 1.72. The van der Waals surface area contributed by atoms with Gasteiger partial charge in [0.1, 0.15) is 5.84 Å². The molecule has 2 heterocycles. The van der Waals surface area contributed by atoms with Crippen LogP contribution in [0.4, 0.5) is 11.6 Å². The highest BCUT2D eigenvalue weighted by molar-refractivity contribution is 5.87. The number of fused-ring (bicyclic) bond motifs is 2. The van der Waals surface area contributed by atoms with Crippen LogP contribution in [0.15, 0.2) is 34.1 Å². The number of aromatic amines is 1. The fraction of sp³-hybridized carbons (Fsp3) is 0.375. The van der Waals surface area contributed by atoms with Gasteiger partial charge in [0.05, 0.1) is 30.8 Å². The van der Waals surface area contributed by atoms with Gasteiger partial charge in [0.15, 0.2) is 11.5 Å². The molecule has 168 valence electrons. The van der Waals surface area contributed by atoms with Gasteiger partial charge >= 0.3 is 0 Å². The van der Waals surface area contributed by atoms with E-state index in [4.69, 9.17) is 14.5 Å². The summed E-state index contributed by atoms with van der Waals surface area (Å²) in [6, 6.07) is 8.08. The van der Waals surface area contributed by atoms with Crippen molar-refractivity contribution in [2.24, 2.45) is 4.99 Å². The Morgan fingerprint density at radius 3 is 2.66 bits per heavy atom. The van der Waals surface area contributed by atoms with E-state index >= 15 is 0 Å². The van der Waals surface area contributed by atoms with Crippen LogP contribution in [0.1, 0.15) is 23.6 Å². The SMILES string of the molecule is COc1cc2nc(N3CCc4ccc(N=C(C)N(C)C)cc4C3)[nH]c(=O)c2c(C)c1OC. The van der Waals surface area contributed by atoms with Gasteiger partial charge in [-0.3, -0.25) is 9.78 Å². The number of nitrogens with one attached hydrogen (secondary N) is 1. The maximum atomic E-state index is 13.0. The average Bonchev–Trinajstić information content (AvgIpc) is 2.77. The van der Waals surface area contributed by atoms with E-state index in [9.17, 15) is 4.79 Å². The largest absolute Gasteiger partial charge is 0.493 e. The molecule has 4 rings (SSSR count). The van der Waals surface area contributed by atoms with Gasteiger partial charge in [-0.15, -0.1) is 0 Å². The summed E-state index contributed by atoms with van der Waals surface area (Å²) in [7, 11) is 7.10. The topological polar surface area (TPSA) is 83.0 Å². The van der Waals surface area contributed by atoms with E-state index in [1.807, 2.05) is 32.8 Å². The lowest BCUT2D eigenvalue weighted by molar-refractivity contribution is 0.354. The van der Waals surface area contributed by atoms with Crippen LogP contribution < -0.4 is 19.9 Å². The fourth-order valence-corrected chi connectivity index (χ4v) is 4.07. The molecule has 3 aromatic rings. The van der Waals surface area contributed by atoms with E-state index < -0.39 is 0 Å². The predicted molar refractivity (Wildman–Crippen MR) is 128 cm³/mol. The van der Waals surface area contributed by atoms with E-state index in [-0.39, 0.29) is 5.56 Å². The molecule has 0 amide bonds. The minimum atomic E-state index is -0.186. The van der Waals surface area contributed by atoms with Gasteiger partial charge < -0.3 is 19.3 Å². The van der Waals surface area contributed by atoms with Crippen molar-refractivity contribution < 1.29 is 9.47 Å². The Hall–Kier alpha value is -3.55. The first-order valence-corrected chi connectivity index (χ1v) is 10.6. The second-order valence-electron chi connectivity index (χ2n) is 8.20. The quantitative estimate of drug-likeness (QED) is 0.499. The predicted octanol–water partition coefficient (Wildman–Crippen LogP) is 3.42. The molecule has 0 saturated carbocycles. The van der Waals surface area contributed by atoms with Gasteiger partial charge in [-0.05, 0) is 43.5 Å². The Morgan fingerprint density at radius 1 is 1.19 bits per heavy atom. The Labute approximate surface area is 187 Å². The van der Waals surface area contributed by atoms with Gasteiger partial charge in [0, 0.05) is 38.8 Å². The smallest absolute Gasteiger partial charge is 0.260 e. The minimum Gasteiger partial charge on any atom is -0.493 e. The maximum absolute atomic E-state index is 13.0. The molecule has 0 saturated heterocycles. The van der Waals surface area contributed by atoms with Gasteiger partial charge in [-0.2, -0.15) is 0 Å². The van der Waals surface area contributed by atoms with Crippen molar-refractivity contribution in [2.45, 2.75) is 26.8 Å². The van der Waals surface area contributed by atoms with Crippen molar-refractivity contribution in [2.75, 3.05) is 39.8 Å². The second-order valence-corrected chi connectivity index (χ2v) is 8.20. The molecule has 1 aliphatic rings. The van der Waals surface area contributed by atoms with Crippen molar-refractivity contribution in [3.05, 3.63) is 51.3 Å². The number of nitrogens with zero attached hydrogens (tertiary/aromatic N) is 4. The number of anilines is 1. The lowest BCUT2D eigenvalue weighted by Crippen LogP contribution is -2.33. The molecule has 0 fully saturated rings. The third-order valence-electron chi connectivity index (χ3n) is 6.01. The third kappa shape index (κ3) is 3.88. The van der Waals surface area contributed by atoms with Gasteiger partial charge in [0.25, 0.3) is 5.56 Å². The van der Waals surface area contributed by atoms with Crippen LogP contribution in [0.25, 0.3) is 10.9 Å². The van der Waals surface area contributed by atoms with Crippen LogP contribution in [0, 0.1) is 6.92 Å². The number of H-pyrrole nitrogens is 1. The minimum absolute atomic E-state index is 0.186. The van der Waals surface area contributed by atoms with Gasteiger partial charge in [-0.25, -0.2) is 9.98 Å². The molecule has 32 heavy (non-hydrogen) atoms. The second kappa shape index (κ2) is 8.53. The molecule has 0 unspecified atom stereocenters. The third-order valence-corrected chi connectivity index (χ3v) is 6.01. The monoisotopic (exact) mass is 435 g/mol. The lowest BCUT2D eigenvalue weighted by atomic mass is 9.99. The molecule has 0 aliphatic carbocycles. The van der Waals surface area contributed by atoms with Crippen molar-refractivity contribution in [1.29, 1.82) is 0 Å². The highest BCUT2D eigenvalue weighted by Gasteiger charge is 2.21. The van der Waals surface area contributed by atoms with Crippen molar-refractivity contribution in [1.82, 2.24) is 14.9 Å². The zero-order valence-electron chi connectivity index (χ0n) is 19.4. The number of aliphatic imine (C=N–C) groups is 1. The molecular formula is C24H29N5O3. The van der Waals surface area contributed by atoms with Crippen molar-refractivity contribution >= 4 is 28.4 Å². The van der Waals surface area contributed by atoms with E-state index in [1.165, 1.54) is 11.1 Å². The van der Waals surface area contributed by atoms with Crippen LogP contribution in [0.3, 0.4) is 0 Å². The van der Waals surface area contributed by atoms with E-state index in [2.05, 4.69) is 33.1 Å². The molecule has 0 bridgehead atoms. The zero-order valence-corrected chi connectivity index (χ0v) is 19.4. The normalized spacial score (nSPS) is 13.8. The first-order chi connectivity index (χ1) is 15.3. The summed E-state index contributed by atoms with van der Waals surface area (Å²) in [5.41, 5.74) is 4.52. The number of hydrogen-bond acceptors (Lipinski definition) is 6. The highest BCUT2D eigenvalue weighted by atomic mass is 16.5.